The molecule has 12 heavy (non-hydrogen) atoms. The lowest BCUT2D eigenvalue weighted by molar-refractivity contribution is 0.268. The summed E-state index contributed by atoms with van der Waals surface area (Å²) in [5, 5.41) is 0. The van der Waals surface area contributed by atoms with Crippen molar-refractivity contribution in [1.82, 2.24) is 0 Å². The van der Waals surface area contributed by atoms with Crippen molar-refractivity contribution in [3.63, 3.8) is 0 Å². The molecule has 0 aromatic heterocycles. The van der Waals surface area contributed by atoms with E-state index in [4.69, 9.17) is 8.85 Å². The van der Waals surface area contributed by atoms with Crippen LogP contribution < -0.4 is 0 Å². The third-order valence-corrected chi connectivity index (χ3v) is 6.23. The Labute approximate surface area is 76.1 Å². The van der Waals surface area contributed by atoms with Gasteiger partial charge in [0.2, 0.25) is 0 Å². The van der Waals surface area contributed by atoms with Crippen molar-refractivity contribution in [2.75, 3.05) is 14.2 Å². The second kappa shape index (κ2) is 2.82. The Balaban J connectivity index is 1.91. The molecule has 0 bridgehead atoms. The topological polar surface area (TPSA) is 18.5 Å². The van der Waals surface area contributed by atoms with E-state index in [1.54, 1.807) is 14.2 Å². The largest absolute Gasteiger partial charge is 0.400 e. The molecular weight excluding hydrogens is 168 g/mol. The average molecular weight is 186 g/mol. The zero-order chi connectivity index (χ0) is 8.77. The Morgan fingerprint density at radius 1 is 1.25 bits per heavy atom. The van der Waals surface area contributed by atoms with Crippen LogP contribution in [0.2, 0.25) is 5.54 Å². The number of rotatable bonds is 4. The molecule has 0 N–H and O–H groups in total. The van der Waals surface area contributed by atoms with Crippen molar-refractivity contribution in [1.29, 1.82) is 0 Å². The molecule has 0 aromatic carbocycles. The van der Waals surface area contributed by atoms with Gasteiger partial charge in [0.25, 0.3) is 0 Å². The normalized spacial score (nSPS) is 40.5. The minimum atomic E-state index is -1.30. The molecule has 2 rings (SSSR count). The van der Waals surface area contributed by atoms with Gasteiger partial charge in [-0.05, 0) is 30.6 Å². The maximum Gasteiger partial charge on any atom is 0.324 e. The Morgan fingerprint density at radius 3 is 2.25 bits per heavy atom. The highest BCUT2D eigenvalue weighted by Gasteiger charge is 2.62. The van der Waals surface area contributed by atoms with Gasteiger partial charge in [-0.2, -0.15) is 0 Å². The highest BCUT2D eigenvalue weighted by atomic mass is 28.3. The molecule has 3 heteroatoms. The molecule has 0 radical (unpaired) electrons. The first-order chi connectivity index (χ1) is 5.72. The van der Waals surface area contributed by atoms with E-state index < -0.39 is 9.28 Å². The Hall–Kier alpha value is 0.137. The van der Waals surface area contributed by atoms with Gasteiger partial charge in [-0.15, -0.1) is 0 Å². The lowest BCUT2D eigenvalue weighted by Crippen LogP contribution is -2.22. The molecular formula is C9H18O2Si. The second-order valence-electron chi connectivity index (χ2n) is 4.43. The van der Waals surface area contributed by atoms with Crippen LogP contribution in [0.15, 0.2) is 0 Å². The summed E-state index contributed by atoms with van der Waals surface area (Å²) < 4.78 is 10.8. The summed E-state index contributed by atoms with van der Waals surface area (Å²) in [5.41, 5.74) is 1.41. The van der Waals surface area contributed by atoms with Gasteiger partial charge < -0.3 is 8.85 Å². The van der Waals surface area contributed by atoms with E-state index in [9.17, 15) is 0 Å². The zero-order valence-electron chi connectivity index (χ0n) is 8.17. The van der Waals surface area contributed by atoms with Gasteiger partial charge in [0, 0.05) is 19.8 Å². The Morgan fingerprint density at radius 2 is 1.83 bits per heavy atom. The third-order valence-electron chi connectivity index (χ3n) is 3.65. The van der Waals surface area contributed by atoms with E-state index >= 15 is 0 Å². The maximum absolute atomic E-state index is 5.41. The molecule has 0 heterocycles. The summed E-state index contributed by atoms with van der Waals surface area (Å²) in [6.45, 7) is 2.41. The molecule has 2 atom stereocenters. The van der Waals surface area contributed by atoms with E-state index in [0.29, 0.717) is 5.41 Å². The van der Waals surface area contributed by atoms with Gasteiger partial charge in [-0.3, -0.25) is 0 Å². The molecule has 2 fully saturated rings. The highest BCUT2D eigenvalue weighted by Crippen LogP contribution is 2.69. The molecule has 2 saturated carbocycles. The van der Waals surface area contributed by atoms with Crippen molar-refractivity contribution < 1.29 is 8.85 Å². The molecule has 2 nitrogen and oxygen atoms in total. The van der Waals surface area contributed by atoms with Crippen molar-refractivity contribution in [2.24, 2.45) is 11.3 Å². The minimum Gasteiger partial charge on any atom is -0.400 e. The molecule has 0 aromatic rings. The Bertz CT molecular complexity index is 177. The summed E-state index contributed by atoms with van der Waals surface area (Å²) in [5.74, 6) is 1.00. The summed E-state index contributed by atoms with van der Waals surface area (Å²) in [7, 11) is 2.30. The molecule has 0 aliphatic heterocycles. The monoisotopic (exact) mass is 186 g/mol. The standard InChI is InChI=1S/C9H18O2Si/c1-9(7-4-5-7)6-8(9)12(10-2)11-3/h7-8,12H,4-6H2,1-3H3. The van der Waals surface area contributed by atoms with E-state index in [1.807, 2.05) is 0 Å². The molecule has 2 aliphatic rings. The lowest BCUT2D eigenvalue weighted by atomic mass is 10.0. The smallest absolute Gasteiger partial charge is 0.324 e. The average Bonchev–Trinajstić information content (AvgIpc) is 2.87. The van der Waals surface area contributed by atoms with E-state index in [2.05, 4.69) is 6.92 Å². The highest BCUT2D eigenvalue weighted by molar-refractivity contribution is 6.47. The molecule has 0 spiro atoms. The van der Waals surface area contributed by atoms with Crippen molar-refractivity contribution in [2.45, 2.75) is 31.7 Å². The second-order valence-corrected chi connectivity index (χ2v) is 6.91. The number of hydrogen-bond acceptors (Lipinski definition) is 2. The Kier molecular flexibility index (Phi) is 2.05. The maximum atomic E-state index is 5.41. The van der Waals surface area contributed by atoms with Gasteiger partial charge >= 0.3 is 9.28 Å². The van der Waals surface area contributed by atoms with E-state index in [1.165, 1.54) is 19.3 Å². The first kappa shape index (κ1) is 8.72. The van der Waals surface area contributed by atoms with Crippen LogP contribution in [0.25, 0.3) is 0 Å². The summed E-state index contributed by atoms with van der Waals surface area (Å²) in [4.78, 5) is 0. The first-order valence-corrected chi connectivity index (χ1v) is 6.39. The fraction of sp³-hybridized carbons (Fsp3) is 1.00. The molecule has 0 saturated heterocycles. The predicted molar refractivity (Wildman–Crippen MR) is 50.4 cm³/mol. The van der Waals surface area contributed by atoms with Crippen LogP contribution in [0.1, 0.15) is 26.2 Å². The SMILES string of the molecule is CO[SiH](OC)C1CC1(C)C1CC1. The van der Waals surface area contributed by atoms with Crippen molar-refractivity contribution in [3.05, 3.63) is 0 Å². The minimum absolute atomic E-state index is 0.614. The van der Waals surface area contributed by atoms with E-state index in [0.717, 1.165) is 11.5 Å². The van der Waals surface area contributed by atoms with Crippen LogP contribution in [0.3, 0.4) is 0 Å². The molecule has 0 amide bonds. The van der Waals surface area contributed by atoms with Gasteiger partial charge in [0.15, 0.2) is 0 Å². The molecule has 2 unspecified atom stereocenters. The predicted octanol–water partition coefficient (Wildman–Crippen LogP) is 1.69. The van der Waals surface area contributed by atoms with Gasteiger partial charge in [0.05, 0.1) is 0 Å². The molecule has 2 aliphatic carbocycles. The zero-order valence-corrected chi connectivity index (χ0v) is 9.32. The van der Waals surface area contributed by atoms with Crippen LogP contribution >= 0.6 is 0 Å². The van der Waals surface area contributed by atoms with Crippen LogP contribution in [-0.4, -0.2) is 23.5 Å². The van der Waals surface area contributed by atoms with Crippen LogP contribution in [-0.2, 0) is 8.85 Å². The molecule has 70 valence electrons. The van der Waals surface area contributed by atoms with Crippen molar-refractivity contribution >= 4 is 9.28 Å². The fourth-order valence-corrected chi connectivity index (χ4v) is 4.90. The lowest BCUT2D eigenvalue weighted by Gasteiger charge is -2.14. The first-order valence-electron chi connectivity index (χ1n) is 4.78. The number of hydrogen-bond donors (Lipinski definition) is 0. The van der Waals surface area contributed by atoms with Crippen LogP contribution in [0.4, 0.5) is 0 Å². The van der Waals surface area contributed by atoms with Crippen molar-refractivity contribution in [3.8, 4) is 0 Å². The van der Waals surface area contributed by atoms with Gasteiger partial charge in [-0.1, -0.05) is 6.92 Å². The third kappa shape index (κ3) is 1.24. The van der Waals surface area contributed by atoms with Crippen LogP contribution in [0, 0.1) is 11.3 Å². The van der Waals surface area contributed by atoms with Gasteiger partial charge in [0.1, 0.15) is 0 Å². The van der Waals surface area contributed by atoms with Gasteiger partial charge in [-0.25, -0.2) is 0 Å². The fourth-order valence-electron chi connectivity index (χ4n) is 2.46. The van der Waals surface area contributed by atoms with Crippen LogP contribution in [0.5, 0.6) is 0 Å². The summed E-state index contributed by atoms with van der Waals surface area (Å²) in [6, 6.07) is 0. The quantitative estimate of drug-likeness (QED) is 0.622. The summed E-state index contributed by atoms with van der Waals surface area (Å²) in [6.07, 6.45) is 4.25. The summed E-state index contributed by atoms with van der Waals surface area (Å²) >= 11 is 0. The van der Waals surface area contributed by atoms with E-state index in [-0.39, 0.29) is 0 Å².